The number of benzene rings is 1. The van der Waals surface area contributed by atoms with Gasteiger partial charge in [-0.25, -0.2) is 0 Å². The SMILES string of the molecule is CN(C(=O)c1ccn(C2CCCC2)n1)C(CCO)c1ccccc1. The van der Waals surface area contributed by atoms with Crippen molar-refractivity contribution >= 4 is 5.91 Å². The van der Waals surface area contributed by atoms with E-state index in [0.717, 1.165) is 18.4 Å². The van der Waals surface area contributed by atoms with Crippen LogP contribution in [0.2, 0.25) is 0 Å². The molecule has 1 amide bonds. The standard InChI is InChI=1S/C19H25N3O2/c1-21(18(12-14-23)15-7-3-2-4-8-15)19(24)17-11-13-22(20-17)16-9-5-6-10-16/h2-4,7-8,11,13,16,18,23H,5-6,9-10,12,14H2,1H3. The first-order valence-electron chi connectivity index (χ1n) is 8.69. The second kappa shape index (κ2) is 7.62. The normalized spacial score (nSPS) is 16.2. The molecule has 5 nitrogen and oxygen atoms in total. The molecule has 0 aliphatic heterocycles. The number of rotatable bonds is 6. The Bertz CT molecular complexity index is 662. The van der Waals surface area contributed by atoms with Gasteiger partial charge in [-0.1, -0.05) is 43.2 Å². The highest BCUT2D eigenvalue weighted by Crippen LogP contribution is 2.29. The first-order valence-corrected chi connectivity index (χ1v) is 8.69. The number of aliphatic hydroxyl groups is 1. The van der Waals surface area contributed by atoms with Crippen LogP contribution in [0.3, 0.4) is 0 Å². The Kier molecular flexibility index (Phi) is 5.30. The zero-order valence-electron chi connectivity index (χ0n) is 14.1. The second-order valence-electron chi connectivity index (χ2n) is 6.47. The third-order valence-corrected chi connectivity index (χ3v) is 4.90. The van der Waals surface area contributed by atoms with Crippen molar-refractivity contribution in [2.75, 3.05) is 13.7 Å². The van der Waals surface area contributed by atoms with Crippen LogP contribution in [0.25, 0.3) is 0 Å². The largest absolute Gasteiger partial charge is 0.396 e. The summed E-state index contributed by atoms with van der Waals surface area (Å²) in [4.78, 5) is 14.5. The summed E-state index contributed by atoms with van der Waals surface area (Å²) in [5.41, 5.74) is 1.50. The fraction of sp³-hybridized carbons (Fsp3) is 0.474. The summed E-state index contributed by atoms with van der Waals surface area (Å²) < 4.78 is 1.94. The quantitative estimate of drug-likeness (QED) is 0.886. The minimum Gasteiger partial charge on any atom is -0.396 e. The zero-order chi connectivity index (χ0) is 16.9. The average Bonchev–Trinajstić information content (AvgIpc) is 3.30. The molecule has 0 bridgehead atoms. The van der Waals surface area contributed by atoms with Crippen LogP contribution in [0.15, 0.2) is 42.6 Å². The van der Waals surface area contributed by atoms with Crippen LogP contribution in [-0.2, 0) is 0 Å². The van der Waals surface area contributed by atoms with E-state index in [1.807, 2.05) is 41.2 Å². The zero-order valence-corrected chi connectivity index (χ0v) is 14.1. The van der Waals surface area contributed by atoms with Gasteiger partial charge in [-0.3, -0.25) is 9.48 Å². The van der Waals surface area contributed by atoms with E-state index in [1.165, 1.54) is 12.8 Å². The molecule has 1 fully saturated rings. The molecule has 1 atom stereocenters. The molecule has 3 rings (SSSR count). The summed E-state index contributed by atoms with van der Waals surface area (Å²) in [6.07, 6.45) is 7.18. The van der Waals surface area contributed by atoms with Crippen molar-refractivity contribution < 1.29 is 9.90 Å². The summed E-state index contributed by atoms with van der Waals surface area (Å²) in [6, 6.07) is 11.9. The summed E-state index contributed by atoms with van der Waals surface area (Å²) in [5, 5.41) is 13.9. The lowest BCUT2D eigenvalue weighted by atomic mass is 10.0. The highest BCUT2D eigenvalue weighted by atomic mass is 16.3. The van der Waals surface area contributed by atoms with Gasteiger partial charge < -0.3 is 10.0 Å². The van der Waals surface area contributed by atoms with E-state index >= 15 is 0 Å². The second-order valence-corrected chi connectivity index (χ2v) is 6.47. The van der Waals surface area contributed by atoms with Crippen LogP contribution in [0.1, 0.15) is 60.2 Å². The number of carbonyl (C=O) groups is 1. The van der Waals surface area contributed by atoms with E-state index in [2.05, 4.69) is 5.10 Å². The monoisotopic (exact) mass is 327 g/mol. The lowest BCUT2D eigenvalue weighted by Crippen LogP contribution is -2.32. The summed E-state index contributed by atoms with van der Waals surface area (Å²) in [6.45, 7) is 0.0354. The van der Waals surface area contributed by atoms with Gasteiger partial charge in [-0.05, 0) is 30.9 Å². The predicted octanol–water partition coefficient (Wildman–Crippen LogP) is 3.19. The maximum Gasteiger partial charge on any atom is 0.274 e. The van der Waals surface area contributed by atoms with Crippen LogP contribution >= 0.6 is 0 Å². The Balaban J connectivity index is 1.77. The Hall–Kier alpha value is -2.14. The van der Waals surface area contributed by atoms with Crippen molar-refractivity contribution in [3.05, 3.63) is 53.9 Å². The molecular weight excluding hydrogens is 302 g/mol. The number of nitrogens with zero attached hydrogens (tertiary/aromatic N) is 3. The third-order valence-electron chi connectivity index (χ3n) is 4.90. The molecule has 0 saturated heterocycles. The van der Waals surface area contributed by atoms with Crippen molar-refractivity contribution in [1.82, 2.24) is 14.7 Å². The topological polar surface area (TPSA) is 58.4 Å². The van der Waals surface area contributed by atoms with Gasteiger partial charge in [-0.15, -0.1) is 0 Å². The lowest BCUT2D eigenvalue weighted by molar-refractivity contribution is 0.0698. The molecule has 1 aliphatic rings. The number of hydrogen-bond donors (Lipinski definition) is 1. The summed E-state index contributed by atoms with van der Waals surface area (Å²) in [7, 11) is 1.78. The van der Waals surface area contributed by atoms with Gasteiger partial charge in [0.05, 0.1) is 12.1 Å². The lowest BCUT2D eigenvalue weighted by Gasteiger charge is -2.27. The first kappa shape index (κ1) is 16.7. The highest BCUT2D eigenvalue weighted by molar-refractivity contribution is 5.92. The van der Waals surface area contributed by atoms with Gasteiger partial charge in [0.25, 0.3) is 5.91 Å². The molecular formula is C19H25N3O2. The number of aromatic nitrogens is 2. The third kappa shape index (κ3) is 3.51. The van der Waals surface area contributed by atoms with Crippen molar-refractivity contribution in [3.63, 3.8) is 0 Å². The number of carbonyl (C=O) groups excluding carboxylic acids is 1. The highest BCUT2D eigenvalue weighted by Gasteiger charge is 2.25. The first-order chi connectivity index (χ1) is 11.7. The van der Waals surface area contributed by atoms with Gasteiger partial charge in [0, 0.05) is 19.9 Å². The molecule has 0 spiro atoms. The molecule has 1 unspecified atom stereocenters. The molecule has 1 aromatic carbocycles. The van der Waals surface area contributed by atoms with E-state index in [0.29, 0.717) is 18.2 Å². The van der Waals surface area contributed by atoms with Gasteiger partial charge in [-0.2, -0.15) is 5.10 Å². The van der Waals surface area contributed by atoms with Crippen LogP contribution in [0, 0.1) is 0 Å². The Morgan fingerprint density at radius 2 is 2.00 bits per heavy atom. The number of hydrogen-bond acceptors (Lipinski definition) is 3. The number of amides is 1. The molecule has 1 aliphatic carbocycles. The predicted molar refractivity (Wildman–Crippen MR) is 92.7 cm³/mol. The maximum atomic E-state index is 12.8. The molecule has 2 aromatic rings. The fourth-order valence-electron chi connectivity index (χ4n) is 3.53. The van der Waals surface area contributed by atoms with Gasteiger partial charge in [0.15, 0.2) is 0 Å². The minimum atomic E-state index is -0.152. The van der Waals surface area contributed by atoms with Crippen LogP contribution in [0.4, 0.5) is 0 Å². The van der Waals surface area contributed by atoms with Crippen LogP contribution < -0.4 is 0 Å². The van der Waals surface area contributed by atoms with E-state index in [-0.39, 0.29) is 18.6 Å². The van der Waals surface area contributed by atoms with Gasteiger partial charge in [0.2, 0.25) is 0 Å². The van der Waals surface area contributed by atoms with Gasteiger partial charge in [0.1, 0.15) is 5.69 Å². The maximum absolute atomic E-state index is 12.8. The van der Waals surface area contributed by atoms with E-state index < -0.39 is 0 Å². The molecule has 5 heteroatoms. The molecule has 1 N–H and O–H groups in total. The van der Waals surface area contributed by atoms with E-state index in [9.17, 15) is 9.90 Å². The molecule has 1 heterocycles. The van der Waals surface area contributed by atoms with E-state index in [1.54, 1.807) is 18.0 Å². The summed E-state index contributed by atoms with van der Waals surface area (Å²) in [5.74, 6) is -0.103. The smallest absolute Gasteiger partial charge is 0.274 e. The fourth-order valence-corrected chi connectivity index (χ4v) is 3.53. The molecule has 128 valence electrons. The Morgan fingerprint density at radius 1 is 1.29 bits per heavy atom. The van der Waals surface area contributed by atoms with Crippen molar-refractivity contribution in [2.24, 2.45) is 0 Å². The van der Waals surface area contributed by atoms with Crippen molar-refractivity contribution in [3.8, 4) is 0 Å². The molecule has 1 aromatic heterocycles. The van der Waals surface area contributed by atoms with Crippen molar-refractivity contribution in [1.29, 1.82) is 0 Å². The van der Waals surface area contributed by atoms with Crippen molar-refractivity contribution in [2.45, 2.75) is 44.2 Å². The average molecular weight is 327 g/mol. The van der Waals surface area contributed by atoms with Crippen LogP contribution in [-0.4, -0.2) is 39.3 Å². The van der Waals surface area contributed by atoms with Crippen LogP contribution in [0.5, 0.6) is 0 Å². The number of aliphatic hydroxyl groups excluding tert-OH is 1. The minimum absolute atomic E-state index is 0.0354. The van der Waals surface area contributed by atoms with E-state index in [4.69, 9.17) is 0 Å². The molecule has 1 saturated carbocycles. The molecule has 0 radical (unpaired) electrons. The summed E-state index contributed by atoms with van der Waals surface area (Å²) >= 11 is 0. The Labute approximate surface area is 142 Å². The van der Waals surface area contributed by atoms with Gasteiger partial charge >= 0.3 is 0 Å². The Morgan fingerprint density at radius 3 is 2.67 bits per heavy atom. The molecule has 24 heavy (non-hydrogen) atoms.